The summed E-state index contributed by atoms with van der Waals surface area (Å²) in [4.78, 5) is 13.6. The van der Waals surface area contributed by atoms with Gasteiger partial charge in [-0.25, -0.2) is 0 Å². The van der Waals surface area contributed by atoms with Crippen LogP contribution in [0.2, 0.25) is 0 Å². The van der Waals surface area contributed by atoms with E-state index in [1.165, 1.54) is 60.7 Å². The topological polar surface area (TPSA) is 38.7 Å². The lowest BCUT2D eigenvalue weighted by Crippen LogP contribution is -1.98. The van der Waals surface area contributed by atoms with Crippen LogP contribution in [0.4, 0.5) is 0 Å². The van der Waals surface area contributed by atoms with E-state index in [1.54, 1.807) is 0 Å². The second-order valence-electron chi connectivity index (χ2n) is 10.7. The minimum absolute atomic E-state index is 0.979. The summed E-state index contributed by atoms with van der Waals surface area (Å²) in [7, 11) is 0. The van der Waals surface area contributed by atoms with Gasteiger partial charge in [-0.15, -0.1) is 0 Å². The summed E-state index contributed by atoms with van der Waals surface area (Å²) in [5, 5.41) is 3.60. The summed E-state index contributed by atoms with van der Waals surface area (Å²) in [6.07, 6.45) is 7.43. The molecule has 0 aliphatic rings. The maximum Gasteiger partial charge on any atom is 0.0714 e. The highest BCUT2D eigenvalue weighted by molar-refractivity contribution is 6.14. The Kier molecular flexibility index (Phi) is 6.13. The monoisotopic (exact) mass is 527 g/mol. The predicted octanol–water partition coefficient (Wildman–Crippen LogP) is 9.77. The molecule has 0 saturated carbocycles. The van der Waals surface area contributed by atoms with Crippen molar-refractivity contribution in [2.75, 3.05) is 0 Å². The molecule has 7 rings (SSSR count). The van der Waals surface area contributed by atoms with Gasteiger partial charge in [-0.1, -0.05) is 48.5 Å². The van der Waals surface area contributed by atoms with Crippen molar-refractivity contribution in [1.82, 2.24) is 15.0 Å². The van der Waals surface area contributed by atoms with Crippen LogP contribution >= 0.6 is 0 Å². The van der Waals surface area contributed by atoms with Crippen LogP contribution in [0.5, 0.6) is 0 Å². The van der Waals surface area contributed by atoms with Crippen LogP contribution in [0, 0.1) is 20.8 Å². The molecular weight excluding hydrogens is 498 g/mol. The summed E-state index contributed by atoms with van der Waals surface area (Å²) in [5.74, 6) is 0. The van der Waals surface area contributed by atoms with Crippen molar-refractivity contribution in [3.05, 3.63) is 139 Å². The van der Waals surface area contributed by atoms with Crippen LogP contribution in [-0.4, -0.2) is 15.0 Å². The van der Waals surface area contributed by atoms with Crippen molar-refractivity contribution in [3.8, 4) is 44.6 Å². The Hall–Kier alpha value is -5.15. The van der Waals surface area contributed by atoms with Gasteiger partial charge in [0.25, 0.3) is 0 Å². The van der Waals surface area contributed by atoms with E-state index in [0.717, 1.165) is 22.3 Å². The Bertz CT molecular complexity index is 2060. The van der Waals surface area contributed by atoms with Crippen molar-refractivity contribution in [3.63, 3.8) is 0 Å². The molecule has 196 valence electrons. The summed E-state index contributed by atoms with van der Waals surface area (Å²) < 4.78 is 0. The number of pyridine rings is 3. The zero-order chi connectivity index (χ0) is 27.9. The van der Waals surface area contributed by atoms with E-state index >= 15 is 0 Å². The maximum atomic E-state index is 4.79. The Morgan fingerprint density at radius 1 is 0.463 bits per heavy atom. The van der Waals surface area contributed by atoms with Gasteiger partial charge in [0.2, 0.25) is 0 Å². The fourth-order valence-corrected chi connectivity index (χ4v) is 6.32. The Morgan fingerprint density at radius 2 is 1.27 bits per heavy atom. The van der Waals surface area contributed by atoms with E-state index in [9.17, 15) is 0 Å². The average Bonchev–Trinajstić information content (AvgIpc) is 3.01. The van der Waals surface area contributed by atoms with Crippen LogP contribution in [0.15, 0.2) is 122 Å². The van der Waals surface area contributed by atoms with Gasteiger partial charge < -0.3 is 0 Å². The fourth-order valence-electron chi connectivity index (χ4n) is 6.32. The number of nitrogens with zero attached hydrogens (tertiary/aromatic N) is 3. The highest BCUT2D eigenvalue weighted by Crippen LogP contribution is 2.43. The molecule has 4 aromatic carbocycles. The number of aryl methyl sites for hydroxylation is 2. The molecule has 0 amide bonds. The van der Waals surface area contributed by atoms with Gasteiger partial charge in [-0.2, -0.15) is 0 Å². The highest BCUT2D eigenvalue weighted by Gasteiger charge is 2.19. The van der Waals surface area contributed by atoms with Crippen molar-refractivity contribution in [1.29, 1.82) is 0 Å². The van der Waals surface area contributed by atoms with E-state index in [2.05, 4.69) is 110 Å². The quantitative estimate of drug-likeness (QED) is 0.214. The largest absolute Gasteiger partial charge is 0.265 e. The molecule has 0 aliphatic carbocycles. The first kappa shape index (κ1) is 24.9. The van der Waals surface area contributed by atoms with Crippen LogP contribution in [0.1, 0.15) is 16.7 Å². The molecule has 41 heavy (non-hydrogen) atoms. The smallest absolute Gasteiger partial charge is 0.0714 e. The summed E-state index contributed by atoms with van der Waals surface area (Å²) in [6.45, 7) is 6.71. The number of fused-ring (bicyclic) bond motifs is 3. The molecule has 0 radical (unpaired) electrons. The molecule has 7 aromatic rings. The second-order valence-corrected chi connectivity index (χ2v) is 10.7. The fraction of sp³-hybridized carbons (Fsp3) is 0.0789. The number of hydrogen-bond acceptors (Lipinski definition) is 3. The first-order valence-corrected chi connectivity index (χ1v) is 13.9. The van der Waals surface area contributed by atoms with E-state index in [0.29, 0.717) is 0 Å². The standard InChI is InChI=1S/C38H29N3/c1-24-20-25(2)38(26(3)37(24)30-9-6-8-29(21-30)35-11-4-5-16-40-35)34-23-36-32(10-7-17-41-36)31-13-12-28(22-33(31)34)27-14-18-39-19-15-27/h4-23H,1-3H3. The van der Waals surface area contributed by atoms with Gasteiger partial charge in [-0.3, -0.25) is 15.0 Å². The van der Waals surface area contributed by atoms with E-state index in [1.807, 2.05) is 43.0 Å². The van der Waals surface area contributed by atoms with Gasteiger partial charge in [0, 0.05) is 35.7 Å². The molecule has 0 bridgehead atoms. The average molecular weight is 528 g/mol. The van der Waals surface area contributed by atoms with E-state index < -0.39 is 0 Å². The van der Waals surface area contributed by atoms with Gasteiger partial charge in [0.15, 0.2) is 0 Å². The van der Waals surface area contributed by atoms with Crippen LogP contribution in [0.25, 0.3) is 66.3 Å². The molecule has 0 N–H and O–H groups in total. The van der Waals surface area contributed by atoms with Crippen LogP contribution in [0.3, 0.4) is 0 Å². The number of rotatable bonds is 4. The van der Waals surface area contributed by atoms with Gasteiger partial charge in [-0.05, 0) is 130 Å². The van der Waals surface area contributed by atoms with Crippen molar-refractivity contribution < 1.29 is 0 Å². The van der Waals surface area contributed by atoms with Crippen LogP contribution in [-0.2, 0) is 0 Å². The third kappa shape index (κ3) is 4.36. The number of benzene rings is 4. The first-order valence-electron chi connectivity index (χ1n) is 13.9. The second kappa shape index (κ2) is 10.1. The SMILES string of the molecule is Cc1cc(C)c(-c2cc3ncccc3c3ccc(-c4ccncc4)cc23)c(C)c1-c1cccc(-c2ccccn2)c1. The Labute approximate surface area is 240 Å². The minimum Gasteiger partial charge on any atom is -0.265 e. The third-order valence-corrected chi connectivity index (χ3v) is 8.09. The summed E-state index contributed by atoms with van der Waals surface area (Å²) >= 11 is 0. The minimum atomic E-state index is 0.979. The summed E-state index contributed by atoms with van der Waals surface area (Å²) in [6, 6.07) is 34.5. The molecule has 0 atom stereocenters. The molecule has 0 saturated heterocycles. The number of aromatic nitrogens is 3. The van der Waals surface area contributed by atoms with Crippen molar-refractivity contribution in [2.45, 2.75) is 20.8 Å². The zero-order valence-electron chi connectivity index (χ0n) is 23.4. The lowest BCUT2D eigenvalue weighted by atomic mass is 9.83. The van der Waals surface area contributed by atoms with Gasteiger partial charge in [0.1, 0.15) is 0 Å². The molecule has 0 fully saturated rings. The van der Waals surface area contributed by atoms with Gasteiger partial charge >= 0.3 is 0 Å². The van der Waals surface area contributed by atoms with Gasteiger partial charge in [0.05, 0.1) is 11.2 Å². The molecule has 3 aromatic heterocycles. The molecule has 3 heteroatoms. The molecular formula is C38H29N3. The van der Waals surface area contributed by atoms with E-state index in [-0.39, 0.29) is 0 Å². The Morgan fingerprint density at radius 3 is 2.10 bits per heavy atom. The predicted molar refractivity (Wildman–Crippen MR) is 171 cm³/mol. The summed E-state index contributed by atoms with van der Waals surface area (Å²) in [5.41, 5.74) is 14.2. The first-order chi connectivity index (χ1) is 20.1. The lowest BCUT2D eigenvalue weighted by Gasteiger charge is -2.21. The maximum absolute atomic E-state index is 4.79. The van der Waals surface area contributed by atoms with Crippen molar-refractivity contribution in [2.24, 2.45) is 0 Å². The zero-order valence-corrected chi connectivity index (χ0v) is 23.4. The molecule has 0 aliphatic heterocycles. The molecule has 0 unspecified atom stereocenters. The van der Waals surface area contributed by atoms with E-state index in [4.69, 9.17) is 4.98 Å². The number of hydrogen-bond donors (Lipinski definition) is 0. The van der Waals surface area contributed by atoms with Crippen LogP contribution < -0.4 is 0 Å². The lowest BCUT2D eigenvalue weighted by molar-refractivity contribution is 1.31. The normalized spacial score (nSPS) is 11.3. The Balaban J connectivity index is 1.50. The third-order valence-electron chi connectivity index (χ3n) is 8.09. The molecule has 0 spiro atoms. The molecule has 3 heterocycles. The van der Waals surface area contributed by atoms with Crippen molar-refractivity contribution >= 4 is 21.7 Å². The highest BCUT2D eigenvalue weighted by atomic mass is 14.7. The molecule has 3 nitrogen and oxygen atoms in total.